The molecule has 1 saturated carbocycles. The Labute approximate surface area is 106 Å². The highest BCUT2D eigenvalue weighted by Crippen LogP contribution is 2.23. The average Bonchev–Trinajstić information content (AvgIpc) is 2.67. The molecule has 0 aliphatic heterocycles. The van der Waals surface area contributed by atoms with Gasteiger partial charge in [0.25, 0.3) is 5.91 Å². The molecule has 1 aliphatic rings. The van der Waals surface area contributed by atoms with Gasteiger partial charge in [-0.05, 0) is 25.7 Å². The first kappa shape index (κ1) is 12.4. The fourth-order valence-electron chi connectivity index (χ4n) is 2.34. The van der Waals surface area contributed by atoms with Gasteiger partial charge in [-0.3, -0.25) is 4.79 Å². The molecule has 0 unspecified atom stereocenters. The van der Waals surface area contributed by atoms with Gasteiger partial charge in [0.1, 0.15) is 4.88 Å². The van der Waals surface area contributed by atoms with Crippen LogP contribution in [0.15, 0.2) is 0 Å². The lowest BCUT2D eigenvalue weighted by molar-refractivity contribution is 0.0947. The summed E-state index contributed by atoms with van der Waals surface area (Å²) >= 11 is 1.26. The summed E-state index contributed by atoms with van der Waals surface area (Å²) in [6, 6.07) is 0. The molecule has 1 aromatic heterocycles. The molecular weight excluding hydrogens is 234 g/mol. The lowest BCUT2D eigenvalue weighted by atomic mass is 9.89. The molecule has 1 aromatic rings. The third-order valence-electron chi connectivity index (χ3n) is 3.30. The van der Waals surface area contributed by atoms with E-state index in [4.69, 9.17) is 5.73 Å². The van der Waals surface area contributed by atoms with E-state index in [0.717, 1.165) is 12.2 Å². The van der Waals surface area contributed by atoms with Crippen molar-refractivity contribution in [1.82, 2.24) is 10.3 Å². The predicted molar refractivity (Wildman–Crippen MR) is 70.2 cm³/mol. The van der Waals surface area contributed by atoms with Crippen molar-refractivity contribution < 1.29 is 4.79 Å². The summed E-state index contributed by atoms with van der Waals surface area (Å²) in [5.74, 6) is 0.626. The van der Waals surface area contributed by atoms with Crippen molar-refractivity contribution in [1.29, 1.82) is 0 Å². The van der Waals surface area contributed by atoms with Crippen LogP contribution < -0.4 is 11.1 Å². The first-order valence-corrected chi connectivity index (χ1v) is 6.99. The number of hydrogen-bond acceptors (Lipinski definition) is 4. The second-order valence-electron chi connectivity index (χ2n) is 4.68. The van der Waals surface area contributed by atoms with E-state index in [2.05, 4.69) is 10.3 Å². The number of aryl methyl sites for hydroxylation is 1. The SMILES string of the molecule is Cc1nc(N)sc1C(=O)NCC1CCCCC1. The van der Waals surface area contributed by atoms with Crippen molar-refractivity contribution in [3.8, 4) is 0 Å². The summed E-state index contributed by atoms with van der Waals surface area (Å²) < 4.78 is 0. The second kappa shape index (κ2) is 5.49. The first-order chi connectivity index (χ1) is 8.16. The lowest BCUT2D eigenvalue weighted by Gasteiger charge is -2.21. The summed E-state index contributed by atoms with van der Waals surface area (Å²) in [5, 5.41) is 3.46. The van der Waals surface area contributed by atoms with E-state index in [1.807, 2.05) is 6.92 Å². The Morgan fingerprint density at radius 1 is 1.47 bits per heavy atom. The number of nitrogen functional groups attached to an aromatic ring is 1. The topological polar surface area (TPSA) is 68.0 Å². The zero-order valence-electron chi connectivity index (χ0n) is 10.2. The Morgan fingerprint density at radius 2 is 2.18 bits per heavy atom. The zero-order valence-corrected chi connectivity index (χ0v) is 11.0. The van der Waals surface area contributed by atoms with Gasteiger partial charge in [-0.25, -0.2) is 4.98 Å². The number of nitrogens with one attached hydrogen (secondary N) is 1. The van der Waals surface area contributed by atoms with Crippen molar-refractivity contribution >= 4 is 22.4 Å². The molecule has 0 spiro atoms. The van der Waals surface area contributed by atoms with Gasteiger partial charge < -0.3 is 11.1 Å². The van der Waals surface area contributed by atoms with Crippen LogP contribution >= 0.6 is 11.3 Å². The largest absolute Gasteiger partial charge is 0.375 e. The van der Waals surface area contributed by atoms with Crippen molar-refractivity contribution in [3.63, 3.8) is 0 Å². The second-order valence-corrected chi connectivity index (χ2v) is 5.71. The van der Waals surface area contributed by atoms with E-state index in [0.29, 0.717) is 15.9 Å². The summed E-state index contributed by atoms with van der Waals surface area (Å²) in [7, 11) is 0. The van der Waals surface area contributed by atoms with Crippen LogP contribution in [0.5, 0.6) is 0 Å². The number of carbonyl (C=O) groups excluding carboxylic acids is 1. The van der Waals surface area contributed by atoms with Crippen LogP contribution in [0.2, 0.25) is 0 Å². The Balaban J connectivity index is 1.86. The van der Waals surface area contributed by atoms with E-state index in [1.165, 1.54) is 43.4 Å². The van der Waals surface area contributed by atoms with Gasteiger partial charge in [0.05, 0.1) is 5.69 Å². The molecule has 2 rings (SSSR count). The number of amides is 1. The van der Waals surface area contributed by atoms with E-state index < -0.39 is 0 Å². The minimum absolute atomic E-state index is 0.0257. The quantitative estimate of drug-likeness (QED) is 0.868. The molecule has 0 radical (unpaired) electrons. The van der Waals surface area contributed by atoms with E-state index in [-0.39, 0.29) is 5.91 Å². The summed E-state index contributed by atoms with van der Waals surface area (Å²) in [4.78, 5) is 16.6. The average molecular weight is 253 g/mol. The zero-order chi connectivity index (χ0) is 12.3. The van der Waals surface area contributed by atoms with Gasteiger partial charge in [0.15, 0.2) is 5.13 Å². The Morgan fingerprint density at radius 3 is 2.76 bits per heavy atom. The minimum atomic E-state index is -0.0257. The van der Waals surface area contributed by atoms with Crippen LogP contribution in [0.25, 0.3) is 0 Å². The van der Waals surface area contributed by atoms with Crippen LogP contribution in [0, 0.1) is 12.8 Å². The molecule has 0 aromatic carbocycles. The van der Waals surface area contributed by atoms with E-state index >= 15 is 0 Å². The number of hydrogen-bond donors (Lipinski definition) is 2. The van der Waals surface area contributed by atoms with Crippen molar-refractivity contribution in [3.05, 3.63) is 10.6 Å². The molecule has 0 atom stereocenters. The maximum Gasteiger partial charge on any atom is 0.263 e. The third-order valence-corrected chi connectivity index (χ3v) is 4.28. The lowest BCUT2D eigenvalue weighted by Crippen LogP contribution is -2.30. The fourth-order valence-corrected chi connectivity index (χ4v) is 3.09. The van der Waals surface area contributed by atoms with E-state index in [1.54, 1.807) is 0 Å². The molecular formula is C12H19N3OS. The van der Waals surface area contributed by atoms with Gasteiger partial charge in [0, 0.05) is 6.54 Å². The molecule has 17 heavy (non-hydrogen) atoms. The molecule has 94 valence electrons. The van der Waals surface area contributed by atoms with Gasteiger partial charge >= 0.3 is 0 Å². The van der Waals surface area contributed by atoms with Crippen LogP contribution in [0.1, 0.15) is 47.5 Å². The van der Waals surface area contributed by atoms with Gasteiger partial charge in [-0.2, -0.15) is 0 Å². The van der Waals surface area contributed by atoms with Crippen LogP contribution in [0.4, 0.5) is 5.13 Å². The molecule has 3 N–H and O–H groups in total. The third kappa shape index (κ3) is 3.19. The van der Waals surface area contributed by atoms with Crippen LogP contribution in [0.3, 0.4) is 0 Å². The molecule has 4 nitrogen and oxygen atoms in total. The van der Waals surface area contributed by atoms with Crippen molar-refractivity contribution in [2.45, 2.75) is 39.0 Å². The van der Waals surface area contributed by atoms with E-state index in [9.17, 15) is 4.79 Å². The Hall–Kier alpha value is -1.10. The standard InChI is InChI=1S/C12H19N3OS/c1-8-10(17-12(13)15-8)11(16)14-7-9-5-3-2-4-6-9/h9H,2-7H2,1H3,(H2,13,15)(H,14,16). The summed E-state index contributed by atoms with van der Waals surface area (Å²) in [6.07, 6.45) is 6.42. The molecule has 5 heteroatoms. The van der Waals surface area contributed by atoms with Crippen molar-refractivity contribution in [2.24, 2.45) is 5.92 Å². The monoisotopic (exact) mass is 253 g/mol. The highest BCUT2D eigenvalue weighted by Gasteiger charge is 2.17. The van der Waals surface area contributed by atoms with Gasteiger partial charge in [0.2, 0.25) is 0 Å². The molecule has 0 saturated heterocycles. The normalized spacial score (nSPS) is 17.0. The van der Waals surface area contributed by atoms with Crippen molar-refractivity contribution in [2.75, 3.05) is 12.3 Å². The number of nitrogens with two attached hydrogens (primary N) is 1. The number of carbonyl (C=O) groups is 1. The highest BCUT2D eigenvalue weighted by molar-refractivity contribution is 7.17. The smallest absolute Gasteiger partial charge is 0.263 e. The maximum atomic E-state index is 11.9. The van der Waals surface area contributed by atoms with Crippen LogP contribution in [-0.4, -0.2) is 17.4 Å². The molecule has 1 heterocycles. The molecule has 1 aliphatic carbocycles. The molecule has 1 fully saturated rings. The summed E-state index contributed by atoms with van der Waals surface area (Å²) in [6.45, 7) is 2.61. The number of nitrogens with zero attached hydrogens (tertiary/aromatic N) is 1. The number of anilines is 1. The number of aromatic nitrogens is 1. The summed E-state index contributed by atoms with van der Waals surface area (Å²) in [5.41, 5.74) is 6.31. The Kier molecular flexibility index (Phi) is 3.99. The minimum Gasteiger partial charge on any atom is -0.375 e. The molecule has 0 bridgehead atoms. The number of thiazole rings is 1. The maximum absolute atomic E-state index is 11.9. The predicted octanol–water partition coefficient (Wildman–Crippen LogP) is 2.34. The first-order valence-electron chi connectivity index (χ1n) is 6.18. The van der Waals surface area contributed by atoms with Crippen LogP contribution in [-0.2, 0) is 0 Å². The number of rotatable bonds is 3. The highest BCUT2D eigenvalue weighted by atomic mass is 32.1. The molecule has 1 amide bonds. The van der Waals surface area contributed by atoms with Gasteiger partial charge in [-0.1, -0.05) is 30.6 Å². The van der Waals surface area contributed by atoms with Gasteiger partial charge in [-0.15, -0.1) is 0 Å². The fraction of sp³-hybridized carbons (Fsp3) is 0.667. The Bertz CT molecular complexity index is 396.